The fraction of sp³-hybridized carbons (Fsp3) is 0.320. The van der Waals surface area contributed by atoms with Gasteiger partial charge in [-0.2, -0.15) is 5.10 Å². The number of para-hydroxylation sites is 1. The molecule has 1 N–H and O–H groups in total. The number of fused-ring (bicyclic) bond motifs is 3. The SMILES string of the molecule is CCc1ccc([C@H]2c3[nH]c4ccccc4c3CCN2Cc2cnn(C)c2C)cc1. The lowest BCUT2D eigenvalue weighted by molar-refractivity contribution is 0.201. The molecule has 0 fully saturated rings. The molecule has 2 aromatic heterocycles. The van der Waals surface area contributed by atoms with Crippen LogP contribution in [0.2, 0.25) is 0 Å². The molecule has 148 valence electrons. The Hall–Kier alpha value is -2.85. The van der Waals surface area contributed by atoms with Crippen molar-refractivity contribution < 1.29 is 0 Å². The number of nitrogens with one attached hydrogen (secondary N) is 1. The fourth-order valence-electron chi connectivity index (χ4n) is 4.69. The van der Waals surface area contributed by atoms with Gasteiger partial charge in [0.2, 0.25) is 0 Å². The first kappa shape index (κ1) is 18.2. The van der Waals surface area contributed by atoms with Crippen molar-refractivity contribution in [2.45, 2.75) is 39.3 Å². The Labute approximate surface area is 172 Å². The first-order valence-corrected chi connectivity index (χ1v) is 10.6. The van der Waals surface area contributed by atoms with Crippen LogP contribution < -0.4 is 0 Å². The standard InChI is InChI=1S/C25H28N4/c1-4-18-9-11-19(12-10-18)25-24-22(21-7-5-6-8-23(21)27-24)13-14-29(25)16-20-15-26-28(3)17(20)2/h5-12,15,25,27H,4,13-14,16H2,1-3H3/t25-/m0/s1. The zero-order chi connectivity index (χ0) is 20.0. The Balaban J connectivity index is 1.61. The minimum absolute atomic E-state index is 0.233. The second-order valence-corrected chi connectivity index (χ2v) is 8.16. The molecule has 0 bridgehead atoms. The molecule has 0 aliphatic carbocycles. The minimum atomic E-state index is 0.233. The Morgan fingerprint density at radius 2 is 1.90 bits per heavy atom. The molecule has 2 aromatic carbocycles. The van der Waals surface area contributed by atoms with Gasteiger partial charge in [0.25, 0.3) is 0 Å². The highest BCUT2D eigenvalue weighted by Gasteiger charge is 2.32. The number of aryl methyl sites for hydroxylation is 2. The largest absolute Gasteiger partial charge is 0.357 e. The van der Waals surface area contributed by atoms with E-state index < -0.39 is 0 Å². The molecule has 0 saturated heterocycles. The predicted octanol–water partition coefficient (Wildman–Crippen LogP) is 4.92. The van der Waals surface area contributed by atoms with Crippen molar-refractivity contribution in [2.75, 3.05) is 6.54 Å². The van der Waals surface area contributed by atoms with Crippen LogP contribution in [0.5, 0.6) is 0 Å². The number of benzene rings is 2. The predicted molar refractivity (Wildman–Crippen MR) is 118 cm³/mol. The number of aromatic amines is 1. The zero-order valence-electron chi connectivity index (χ0n) is 17.4. The summed E-state index contributed by atoms with van der Waals surface area (Å²) >= 11 is 0. The van der Waals surface area contributed by atoms with Gasteiger partial charge in [0.05, 0.1) is 12.2 Å². The minimum Gasteiger partial charge on any atom is -0.357 e. The van der Waals surface area contributed by atoms with Crippen molar-refractivity contribution in [1.29, 1.82) is 0 Å². The van der Waals surface area contributed by atoms with Gasteiger partial charge in [-0.3, -0.25) is 9.58 Å². The average molecular weight is 385 g/mol. The molecule has 1 aliphatic rings. The van der Waals surface area contributed by atoms with Crippen LogP contribution in [0.15, 0.2) is 54.7 Å². The van der Waals surface area contributed by atoms with Crippen molar-refractivity contribution >= 4 is 10.9 Å². The quantitative estimate of drug-likeness (QED) is 0.542. The molecule has 0 saturated carbocycles. The summed E-state index contributed by atoms with van der Waals surface area (Å²) in [4.78, 5) is 6.37. The Kier molecular flexibility index (Phi) is 4.51. The summed E-state index contributed by atoms with van der Waals surface area (Å²) in [5.74, 6) is 0. The Bertz CT molecular complexity index is 1150. The van der Waals surface area contributed by atoms with E-state index in [1.165, 1.54) is 44.5 Å². The zero-order valence-corrected chi connectivity index (χ0v) is 17.4. The second kappa shape index (κ2) is 7.20. The maximum absolute atomic E-state index is 4.46. The Morgan fingerprint density at radius 3 is 2.62 bits per heavy atom. The third-order valence-electron chi connectivity index (χ3n) is 6.55. The number of H-pyrrole nitrogens is 1. The van der Waals surface area contributed by atoms with Crippen LogP contribution in [0.1, 0.15) is 46.6 Å². The first-order chi connectivity index (χ1) is 14.2. The molecule has 3 heterocycles. The molecule has 1 atom stereocenters. The molecule has 5 rings (SSSR count). The van der Waals surface area contributed by atoms with Crippen LogP contribution in [-0.2, 0) is 26.4 Å². The van der Waals surface area contributed by atoms with E-state index in [4.69, 9.17) is 0 Å². The van der Waals surface area contributed by atoms with Gasteiger partial charge in [0, 0.05) is 48.0 Å². The monoisotopic (exact) mass is 384 g/mol. The van der Waals surface area contributed by atoms with E-state index in [0.717, 1.165) is 25.9 Å². The third-order valence-corrected chi connectivity index (χ3v) is 6.55. The van der Waals surface area contributed by atoms with Gasteiger partial charge in [0.1, 0.15) is 0 Å². The van der Waals surface area contributed by atoms with Gasteiger partial charge in [-0.25, -0.2) is 0 Å². The van der Waals surface area contributed by atoms with Crippen molar-refractivity contribution in [3.63, 3.8) is 0 Å². The first-order valence-electron chi connectivity index (χ1n) is 10.6. The highest BCUT2D eigenvalue weighted by atomic mass is 15.3. The summed E-state index contributed by atoms with van der Waals surface area (Å²) in [5, 5.41) is 5.83. The molecule has 4 heteroatoms. The van der Waals surface area contributed by atoms with Crippen LogP contribution in [0, 0.1) is 6.92 Å². The summed E-state index contributed by atoms with van der Waals surface area (Å²) in [7, 11) is 2.02. The van der Waals surface area contributed by atoms with Gasteiger partial charge in [-0.15, -0.1) is 0 Å². The molecule has 29 heavy (non-hydrogen) atoms. The van der Waals surface area contributed by atoms with E-state index in [0.29, 0.717) is 0 Å². The topological polar surface area (TPSA) is 36.9 Å². The molecule has 0 amide bonds. The number of aromatic nitrogens is 3. The van der Waals surface area contributed by atoms with Crippen molar-refractivity contribution in [2.24, 2.45) is 7.05 Å². The Morgan fingerprint density at radius 1 is 1.10 bits per heavy atom. The summed E-state index contributed by atoms with van der Waals surface area (Å²) < 4.78 is 1.97. The van der Waals surface area contributed by atoms with Crippen LogP contribution in [-0.4, -0.2) is 26.2 Å². The maximum atomic E-state index is 4.46. The molecule has 0 spiro atoms. The summed E-state index contributed by atoms with van der Waals surface area (Å²) in [5.41, 5.74) is 9.36. The van der Waals surface area contributed by atoms with Crippen LogP contribution in [0.4, 0.5) is 0 Å². The van der Waals surface area contributed by atoms with E-state index >= 15 is 0 Å². The number of rotatable bonds is 4. The highest BCUT2D eigenvalue weighted by molar-refractivity contribution is 5.85. The van der Waals surface area contributed by atoms with Gasteiger partial charge in [-0.05, 0) is 42.5 Å². The molecular formula is C25H28N4. The lowest BCUT2D eigenvalue weighted by atomic mass is 9.91. The average Bonchev–Trinajstić information content (AvgIpc) is 3.28. The van der Waals surface area contributed by atoms with Gasteiger partial charge in [-0.1, -0.05) is 49.4 Å². The van der Waals surface area contributed by atoms with Crippen LogP contribution in [0.25, 0.3) is 10.9 Å². The second-order valence-electron chi connectivity index (χ2n) is 8.16. The van der Waals surface area contributed by atoms with Gasteiger partial charge in [0.15, 0.2) is 0 Å². The molecule has 4 nitrogen and oxygen atoms in total. The fourth-order valence-corrected chi connectivity index (χ4v) is 4.69. The van der Waals surface area contributed by atoms with Gasteiger partial charge < -0.3 is 4.98 Å². The molecule has 0 unspecified atom stereocenters. The molecule has 1 aliphatic heterocycles. The van der Waals surface area contributed by atoms with Crippen molar-refractivity contribution in [3.8, 4) is 0 Å². The van der Waals surface area contributed by atoms with E-state index in [-0.39, 0.29) is 6.04 Å². The third kappa shape index (κ3) is 3.08. The molecular weight excluding hydrogens is 356 g/mol. The highest BCUT2D eigenvalue weighted by Crippen LogP contribution is 2.39. The number of hydrogen-bond donors (Lipinski definition) is 1. The van der Waals surface area contributed by atoms with Crippen molar-refractivity contribution in [3.05, 3.63) is 88.4 Å². The summed E-state index contributed by atoms with van der Waals surface area (Å²) in [6, 6.07) is 18.1. The normalized spacial score (nSPS) is 17.0. The lowest BCUT2D eigenvalue weighted by Gasteiger charge is -2.36. The van der Waals surface area contributed by atoms with Crippen LogP contribution >= 0.6 is 0 Å². The summed E-state index contributed by atoms with van der Waals surface area (Å²) in [6.07, 6.45) is 4.16. The van der Waals surface area contributed by atoms with E-state index in [1.807, 2.05) is 17.9 Å². The molecule has 4 aromatic rings. The van der Waals surface area contributed by atoms with Gasteiger partial charge >= 0.3 is 0 Å². The van der Waals surface area contributed by atoms with E-state index in [1.54, 1.807) is 0 Å². The summed E-state index contributed by atoms with van der Waals surface area (Å²) in [6.45, 7) is 6.33. The number of hydrogen-bond acceptors (Lipinski definition) is 2. The van der Waals surface area contributed by atoms with Crippen molar-refractivity contribution in [1.82, 2.24) is 19.7 Å². The molecule has 0 radical (unpaired) electrons. The maximum Gasteiger partial charge on any atom is 0.0760 e. The van der Waals surface area contributed by atoms with E-state index in [2.05, 4.69) is 77.4 Å². The van der Waals surface area contributed by atoms with E-state index in [9.17, 15) is 0 Å². The number of nitrogens with zero attached hydrogens (tertiary/aromatic N) is 3. The van der Waals surface area contributed by atoms with Crippen LogP contribution in [0.3, 0.4) is 0 Å². The lowest BCUT2D eigenvalue weighted by Crippen LogP contribution is -2.35. The smallest absolute Gasteiger partial charge is 0.0760 e.